The summed E-state index contributed by atoms with van der Waals surface area (Å²) < 4.78 is 0. The Bertz CT molecular complexity index is 290. The molecule has 0 radical (unpaired) electrons. The molecule has 2 nitrogen and oxygen atoms in total. The Morgan fingerprint density at radius 2 is 1.53 bits per heavy atom. The van der Waals surface area contributed by atoms with Crippen LogP contribution in [0.4, 0.5) is 0 Å². The molecule has 1 aliphatic carbocycles. The Kier molecular flexibility index (Phi) is 3.92. The summed E-state index contributed by atoms with van der Waals surface area (Å²) in [6.07, 6.45) is 11.4. The third-order valence-corrected chi connectivity index (χ3v) is 6.06. The van der Waals surface area contributed by atoms with Crippen LogP contribution in [0.15, 0.2) is 0 Å². The van der Waals surface area contributed by atoms with Gasteiger partial charge >= 0.3 is 0 Å². The first-order valence-electron chi connectivity index (χ1n) is 8.59. The normalized spacial score (nSPS) is 38.8. The molecule has 2 bridgehead atoms. The van der Waals surface area contributed by atoms with Crippen molar-refractivity contribution in [1.29, 1.82) is 0 Å². The van der Waals surface area contributed by atoms with Gasteiger partial charge in [0.15, 0.2) is 0 Å². The lowest BCUT2D eigenvalue weighted by Crippen LogP contribution is -2.52. The van der Waals surface area contributed by atoms with Crippen LogP contribution >= 0.6 is 0 Å². The van der Waals surface area contributed by atoms with E-state index in [-0.39, 0.29) is 0 Å². The number of fused-ring (bicyclic) bond motifs is 2. The van der Waals surface area contributed by atoms with Gasteiger partial charge in [-0.2, -0.15) is 0 Å². The predicted octanol–water partition coefficient (Wildman–Crippen LogP) is 3.56. The number of rotatable bonds is 3. The van der Waals surface area contributed by atoms with E-state index in [4.69, 9.17) is 0 Å². The van der Waals surface area contributed by atoms with E-state index < -0.39 is 0 Å². The van der Waals surface area contributed by atoms with Crippen LogP contribution in [0, 0.1) is 5.41 Å². The number of nitrogens with one attached hydrogen (secondary N) is 1. The minimum Gasteiger partial charge on any atom is -0.311 e. The van der Waals surface area contributed by atoms with Crippen molar-refractivity contribution in [3.05, 3.63) is 0 Å². The third-order valence-electron chi connectivity index (χ3n) is 6.06. The third kappa shape index (κ3) is 3.00. The van der Waals surface area contributed by atoms with Crippen molar-refractivity contribution >= 4 is 0 Å². The summed E-state index contributed by atoms with van der Waals surface area (Å²) in [6, 6.07) is 3.41. The fraction of sp³-hybridized carbons (Fsp3) is 1.00. The fourth-order valence-electron chi connectivity index (χ4n) is 4.83. The van der Waals surface area contributed by atoms with E-state index in [1.54, 1.807) is 0 Å². The predicted molar refractivity (Wildman–Crippen MR) is 81.4 cm³/mol. The van der Waals surface area contributed by atoms with E-state index in [0.29, 0.717) is 5.41 Å². The van der Waals surface area contributed by atoms with Gasteiger partial charge in [0.05, 0.1) is 0 Å². The van der Waals surface area contributed by atoms with Crippen molar-refractivity contribution in [3.63, 3.8) is 0 Å². The summed E-state index contributed by atoms with van der Waals surface area (Å²) in [5.74, 6) is 0. The molecule has 0 spiro atoms. The number of nitrogens with zero attached hydrogens (tertiary/aromatic N) is 1. The second-order valence-corrected chi connectivity index (χ2v) is 7.99. The molecule has 0 aromatic heterocycles. The van der Waals surface area contributed by atoms with Crippen molar-refractivity contribution < 1.29 is 0 Å². The van der Waals surface area contributed by atoms with Gasteiger partial charge in [-0.15, -0.1) is 0 Å². The van der Waals surface area contributed by atoms with Gasteiger partial charge in [0.2, 0.25) is 0 Å². The molecule has 3 aliphatic rings. The van der Waals surface area contributed by atoms with Gasteiger partial charge in [-0.05, 0) is 63.3 Å². The van der Waals surface area contributed by atoms with Crippen LogP contribution < -0.4 is 5.32 Å². The summed E-state index contributed by atoms with van der Waals surface area (Å²) in [7, 11) is 0. The van der Waals surface area contributed by atoms with Crippen molar-refractivity contribution in [1.82, 2.24) is 10.2 Å². The Morgan fingerprint density at radius 1 is 0.947 bits per heavy atom. The first-order valence-corrected chi connectivity index (χ1v) is 8.59. The molecule has 3 rings (SSSR count). The van der Waals surface area contributed by atoms with Crippen molar-refractivity contribution in [2.75, 3.05) is 6.54 Å². The maximum atomic E-state index is 3.79. The molecular weight excluding hydrogens is 232 g/mol. The van der Waals surface area contributed by atoms with Crippen LogP contribution in [0.1, 0.15) is 72.1 Å². The smallest absolute Gasteiger partial charge is 0.0128 e. The quantitative estimate of drug-likeness (QED) is 0.838. The lowest BCUT2D eigenvalue weighted by atomic mass is 9.75. The minimum atomic E-state index is 0.600. The standard InChI is InChI=1S/C17H32N2/c1-4-19(15-7-9-17(2,3)10-8-15)16-11-13-5-6-14(12-16)18-13/h13-16,18H,4-12H2,1-3H3. The van der Waals surface area contributed by atoms with Crippen molar-refractivity contribution in [2.45, 2.75) is 96.3 Å². The number of hydrogen-bond donors (Lipinski definition) is 1. The van der Waals surface area contributed by atoms with E-state index in [9.17, 15) is 0 Å². The summed E-state index contributed by atoms with van der Waals surface area (Å²) in [4.78, 5) is 2.88. The number of piperidine rings is 1. The molecular formula is C17H32N2. The van der Waals surface area contributed by atoms with Gasteiger partial charge in [-0.25, -0.2) is 0 Å². The lowest BCUT2D eigenvalue weighted by molar-refractivity contribution is 0.0540. The van der Waals surface area contributed by atoms with Crippen LogP contribution in [-0.4, -0.2) is 35.6 Å². The zero-order valence-electron chi connectivity index (χ0n) is 13.1. The van der Waals surface area contributed by atoms with E-state index in [2.05, 4.69) is 31.0 Å². The average Bonchev–Trinajstić information content (AvgIpc) is 2.71. The summed E-state index contributed by atoms with van der Waals surface area (Å²) in [5.41, 5.74) is 0.600. The van der Waals surface area contributed by atoms with Crippen molar-refractivity contribution in [2.24, 2.45) is 5.41 Å². The second-order valence-electron chi connectivity index (χ2n) is 7.99. The molecule has 1 saturated carbocycles. The molecule has 0 amide bonds. The molecule has 2 heteroatoms. The molecule has 0 aromatic rings. The van der Waals surface area contributed by atoms with Crippen LogP contribution in [-0.2, 0) is 0 Å². The van der Waals surface area contributed by atoms with Crippen LogP contribution in [0.25, 0.3) is 0 Å². The van der Waals surface area contributed by atoms with Gasteiger partial charge < -0.3 is 5.32 Å². The van der Waals surface area contributed by atoms with Gasteiger partial charge in [-0.1, -0.05) is 20.8 Å². The van der Waals surface area contributed by atoms with E-state index in [1.165, 1.54) is 57.9 Å². The summed E-state index contributed by atoms with van der Waals surface area (Å²) >= 11 is 0. The second kappa shape index (κ2) is 5.37. The molecule has 110 valence electrons. The monoisotopic (exact) mass is 264 g/mol. The van der Waals surface area contributed by atoms with Gasteiger partial charge in [-0.3, -0.25) is 4.90 Å². The van der Waals surface area contributed by atoms with Crippen LogP contribution in [0.5, 0.6) is 0 Å². The summed E-state index contributed by atoms with van der Waals surface area (Å²) in [6.45, 7) is 8.54. The highest BCUT2D eigenvalue weighted by Crippen LogP contribution is 2.39. The highest BCUT2D eigenvalue weighted by molar-refractivity contribution is 4.97. The van der Waals surface area contributed by atoms with Crippen LogP contribution in [0.3, 0.4) is 0 Å². The zero-order chi connectivity index (χ0) is 13.5. The molecule has 3 fully saturated rings. The van der Waals surface area contributed by atoms with Gasteiger partial charge in [0.25, 0.3) is 0 Å². The molecule has 19 heavy (non-hydrogen) atoms. The molecule has 2 unspecified atom stereocenters. The Morgan fingerprint density at radius 3 is 2.05 bits per heavy atom. The first kappa shape index (κ1) is 13.9. The molecule has 2 aliphatic heterocycles. The maximum Gasteiger partial charge on any atom is 0.0128 e. The Hall–Kier alpha value is -0.0800. The Balaban J connectivity index is 1.61. The first-order chi connectivity index (χ1) is 9.07. The van der Waals surface area contributed by atoms with Crippen molar-refractivity contribution in [3.8, 4) is 0 Å². The average molecular weight is 264 g/mol. The maximum absolute atomic E-state index is 3.79. The van der Waals surface area contributed by atoms with Gasteiger partial charge in [0, 0.05) is 24.2 Å². The Labute approximate surface area is 119 Å². The molecule has 2 heterocycles. The largest absolute Gasteiger partial charge is 0.311 e. The minimum absolute atomic E-state index is 0.600. The van der Waals surface area contributed by atoms with E-state index in [0.717, 1.165) is 24.2 Å². The highest BCUT2D eigenvalue weighted by Gasteiger charge is 2.39. The van der Waals surface area contributed by atoms with Gasteiger partial charge in [0.1, 0.15) is 0 Å². The molecule has 0 aromatic carbocycles. The fourth-order valence-corrected chi connectivity index (χ4v) is 4.83. The summed E-state index contributed by atoms with van der Waals surface area (Å²) in [5, 5.41) is 3.79. The molecule has 1 N–H and O–H groups in total. The SMILES string of the molecule is CCN(C1CCC(C)(C)CC1)C1CC2CCC(C1)N2. The molecule has 2 atom stereocenters. The van der Waals surface area contributed by atoms with E-state index in [1.807, 2.05) is 0 Å². The van der Waals surface area contributed by atoms with E-state index >= 15 is 0 Å². The number of hydrogen-bond acceptors (Lipinski definition) is 2. The molecule has 2 saturated heterocycles. The highest BCUT2D eigenvalue weighted by atomic mass is 15.2. The van der Waals surface area contributed by atoms with Crippen LogP contribution in [0.2, 0.25) is 0 Å². The lowest BCUT2D eigenvalue weighted by Gasteiger charge is -2.45. The zero-order valence-corrected chi connectivity index (χ0v) is 13.1. The topological polar surface area (TPSA) is 15.3 Å².